The summed E-state index contributed by atoms with van der Waals surface area (Å²) < 4.78 is 38.0. The predicted octanol–water partition coefficient (Wildman–Crippen LogP) is 1.34. The van der Waals surface area contributed by atoms with E-state index in [9.17, 15) is 18.0 Å². The summed E-state index contributed by atoms with van der Waals surface area (Å²) in [6.07, 6.45) is -2.99. The van der Waals surface area contributed by atoms with Crippen molar-refractivity contribution in [3.63, 3.8) is 0 Å². The van der Waals surface area contributed by atoms with Crippen molar-refractivity contribution in [3.8, 4) is 0 Å². The molecule has 0 unspecified atom stereocenters. The molecule has 16 heavy (non-hydrogen) atoms. The molecule has 0 aliphatic heterocycles. The third-order valence-electron chi connectivity index (χ3n) is 2.88. The second-order valence-corrected chi connectivity index (χ2v) is 3.82. The van der Waals surface area contributed by atoms with E-state index in [1.807, 2.05) is 4.98 Å². The lowest BCUT2D eigenvalue weighted by Crippen LogP contribution is -2.25. The average Bonchev–Trinajstić information content (AvgIpc) is 2.63. The molecule has 0 radical (unpaired) electrons. The van der Waals surface area contributed by atoms with Crippen LogP contribution < -0.4 is 11.3 Å². The van der Waals surface area contributed by atoms with Gasteiger partial charge in [0.15, 0.2) is 0 Å². The Morgan fingerprint density at radius 1 is 1.25 bits per heavy atom. The standard InChI is InChI=1S/C10H11F3N2O/c11-10(12,13)8-6-3-1-2-5(6)7(4-14)9(16)15-8/h1-4,14H2,(H,15,16). The number of H-pyrrole nitrogens is 1. The lowest BCUT2D eigenvalue weighted by atomic mass is 10.0. The van der Waals surface area contributed by atoms with E-state index in [0.717, 1.165) is 0 Å². The number of nitrogens with two attached hydrogens (primary N) is 1. The largest absolute Gasteiger partial charge is 0.431 e. The van der Waals surface area contributed by atoms with Crippen molar-refractivity contribution in [1.82, 2.24) is 4.98 Å². The first kappa shape index (κ1) is 11.2. The fourth-order valence-corrected chi connectivity index (χ4v) is 2.21. The van der Waals surface area contributed by atoms with Crippen LogP contribution in [0.4, 0.5) is 13.2 Å². The minimum absolute atomic E-state index is 0.0181. The van der Waals surface area contributed by atoms with Crippen LogP contribution in [0.2, 0.25) is 0 Å². The number of pyridine rings is 1. The number of aromatic nitrogens is 1. The molecule has 6 heteroatoms. The van der Waals surface area contributed by atoms with Crippen molar-refractivity contribution in [3.05, 3.63) is 32.7 Å². The smallest absolute Gasteiger partial charge is 0.326 e. The summed E-state index contributed by atoms with van der Waals surface area (Å²) in [4.78, 5) is 13.3. The number of aromatic amines is 1. The van der Waals surface area contributed by atoms with Gasteiger partial charge in [0, 0.05) is 12.1 Å². The maximum absolute atomic E-state index is 12.7. The van der Waals surface area contributed by atoms with E-state index < -0.39 is 17.4 Å². The van der Waals surface area contributed by atoms with Gasteiger partial charge < -0.3 is 10.7 Å². The minimum Gasteiger partial charge on any atom is -0.326 e. The zero-order chi connectivity index (χ0) is 11.9. The van der Waals surface area contributed by atoms with Crippen molar-refractivity contribution in [2.45, 2.75) is 32.0 Å². The Morgan fingerprint density at radius 2 is 1.88 bits per heavy atom. The van der Waals surface area contributed by atoms with Crippen molar-refractivity contribution in [2.24, 2.45) is 5.73 Å². The molecule has 1 aliphatic rings. The van der Waals surface area contributed by atoms with E-state index in [2.05, 4.69) is 0 Å². The van der Waals surface area contributed by atoms with Gasteiger partial charge in [0.25, 0.3) is 5.56 Å². The van der Waals surface area contributed by atoms with E-state index in [-0.39, 0.29) is 12.1 Å². The van der Waals surface area contributed by atoms with Gasteiger partial charge in [-0.2, -0.15) is 13.2 Å². The quantitative estimate of drug-likeness (QED) is 0.767. The predicted molar refractivity (Wildman–Crippen MR) is 52.0 cm³/mol. The summed E-state index contributed by atoms with van der Waals surface area (Å²) in [5.74, 6) is 0. The summed E-state index contributed by atoms with van der Waals surface area (Å²) in [5.41, 5.74) is 4.77. The van der Waals surface area contributed by atoms with Crippen LogP contribution in [0, 0.1) is 0 Å². The van der Waals surface area contributed by atoms with E-state index in [1.54, 1.807) is 0 Å². The maximum atomic E-state index is 12.7. The van der Waals surface area contributed by atoms with Crippen molar-refractivity contribution in [2.75, 3.05) is 0 Å². The van der Waals surface area contributed by atoms with Crippen molar-refractivity contribution in [1.29, 1.82) is 0 Å². The molecule has 0 saturated carbocycles. The van der Waals surface area contributed by atoms with Crippen LogP contribution >= 0.6 is 0 Å². The third-order valence-corrected chi connectivity index (χ3v) is 2.88. The van der Waals surface area contributed by atoms with Gasteiger partial charge in [-0.3, -0.25) is 4.79 Å². The van der Waals surface area contributed by atoms with Gasteiger partial charge in [-0.05, 0) is 30.4 Å². The first-order valence-electron chi connectivity index (χ1n) is 4.99. The van der Waals surface area contributed by atoms with Gasteiger partial charge in [0.2, 0.25) is 0 Å². The van der Waals surface area contributed by atoms with Crippen molar-refractivity contribution >= 4 is 0 Å². The Kier molecular flexibility index (Phi) is 2.53. The number of hydrogen-bond acceptors (Lipinski definition) is 2. The summed E-state index contributed by atoms with van der Waals surface area (Å²) in [6.45, 7) is -0.0181. The van der Waals surface area contributed by atoms with Crippen LogP contribution in [-0.4, -0.2) is 4.98 Å². The SMILES string of the molecule is NCc1c2c(c(C(F)(F)F)[nH]c1=O)CCC2. The van der Waals surface area contributed by atoms with E-state index in [1.165, 1.54) is 0 Å². The van der Waals surface area contributed by atoms with Gasteiger partial charge in [-0.25, -0.2) is 0 Å². The fourth-order valence-electron chi connectivity index (χ4n) is 2.21. The highest BCUT2D eigenvalue weighted by molar-refractivity contribution is 5.41. The molecule has 2 rings (SSSR count). The molecule has 1 aromatic heterocycles. The van der Waals surface area contributed by atoms with Crippen molar-refractivity contribution < 1.29 is 13.2 Å². The molecular weight excluding hydrogens is 221 g/mol. The molecular formula is C10H11F3N2O. The molecule has 0 spiro atoms. The molecule has 3 N–H and O–H groups in total. The Morgan fingerprint density at radius 3 is 2.44 bits per heavy atom. The second-order valence-electron chi connectivity index (χ2n) is 3.82. The Balaban J connectivity index is 2.72. The molecule has 3 nitrogen and oxygen atoms in total. The average molecular weight is 232 g/mol. The maximum Gasteiger partial charge on any atom is 0.431 e. The van der Waals surface area contributed by atoms with Crippen LogP contribution in [-0.2, 0) is 25.6 Å². The van der Waals surface area contributed by atoms with E-state index in [4.69, 9.17) is 5.73 Å². The van der Waals surface area contributed by atoms with E-state index in [0.29, 0.717) is 30.4 Å². The summed E-state index contributed by atoms with van der Waals surface area (Å²) in [7, 11) is 0. The lowest BCUT2D eigenvalue weighted by Gasteiger charge is -2.13. The monoisotopic (exact) mass is 232 g/mol. The number of halogens is 3. The number of alkyl halides is 3. The molecule has 0 atom stereocenters. The Bertz CT molecular complexity index is 476. The van der Waals surface area contributed by atoms with Crippen LogP contribution in [0.3, 0.4) is 0 Å². The molecule has 1 heterocycles. The highest BCUT2D eigenvalue weighted by atomic mass is 19.4. The lowest BCUT2D eigenvalue weighted by molar-refractivity contribution is -0.141. The molecule has 88 valence electrons. The minimum atomic E-state index is -4.50. The summed E-state index contributed by atoms with van der Waals surface area (Å²) in [5, 5.41) is 0. The molecule has 0 amide bonds. The third kappa shape index (κ3) is 1.63. The highest BCUT2D eigenvalue weighted by Gasteiger charge is 2.37. The van der Waals surface area contributed by atoms with E-state index >= 15 is 0 Å². The summed E-state index contributed by atoms with van der Waals surface area (Å²) >= 11 is 0. The first-order chi connectivity index (χ1) is 7.45. The van der Waals surface area contributed by atoms with Crippen LogP contribution in [0.1, 0.15) is 28.8 Å². The number of fused-ring (bicyclic) bond motifs is 1. The highest BCUT2D eigenvalue weighted by Crippen LogP contribution is 2.35. The van der Waals surface area contributed by atoms with Crippen LogP contribution in [0.15, 0.2) is 4.79 Å². The molecule has 0 aromatic carbocycles. The zero-order valence-electron chi connectivity index (χ0n) is 8.45. The molecule has 1 aliphatic carbocycles. The van der Waals surface area contributed by atoms with Gasteiger partial charge in [0.1, 0.15) is 5.69 Å². The molecule has 1 aromatic rings. The molecule has 0 bridgehead atoms. The normalized spacial score (nSPS) is 15.2. The van der Waals surface area contributed by atoms with Crippen LogP contribution in [0.5, 0.6) is 0 Å². The topological polar surface area (TPSA) is 58.9 Å². The van der Waals surface area contributed by atoms with Gasteiger partial charge in [-0.1, -0.05) is 0 Å². The Hall–Kier alpha value is -1.30. The van der Waals surface area contributed by atoms with Gasteiger partial charge in [0.05, 0.1) is 0 Å². The molecule has 0 saturated heterocycles. The molecule has 0 fully saturated rings. The number of hydrogen-bond donors (Lipinski definition) is 2. The van der Waals surface area contributed by atoms with Crippen LogP contribution in [0.25, 0.3) is 0 Å². The second kappa shape index (κ2) is 3.62. The summed E-state index contributed by atoms with van der Waals surface area (Å²) in [6, 6.07) is 0. The first-order valence-corrected chi connectivity index (χ1v) is 4.99. The van der Waals surface area contributed by atoms with Gasteiger partial charge >= 0.3 is 6.18 Å². The van der Waals surface area contributed by atoms with Gasteiger partial charge in [-0.15, -0.1) is 0 Å². The Labute approximate surface area is 89.5 Å². The number of nitrogens with one attached hydrogen (secondary N) is 1. The fraction of sp³-hybridized carbons (Fsp3) is 0.500. The zero-order valence-corrected chi connectivity index (χ0v) is 8.45. The number of rotatable bonds is 1.